The second-order valence-corrected chi connectivity index (χ2v) is 6.75. The van der Waals surface area contributed by atoms with Gasteiger partial charge < -0.3 is 4.74 Å². The fraction of sp³-hybridized carbons (Fsp3) is 0.0556. The van der Waals surface area contributed by atoms with Crippen LogP contribution < -0.4 is 4.74 Å². The van der Waals surface area contributed by atoms with E-state index in [1.807, 2.05) is 0 Å². The van der Waals surface area contributed by atoms with Gasteiger partial charge in [-0.3, -0.25) is 9.59 Å². The molecular formula is C18H12FNO3S2. The average molecular weight is 373 g/mol. The molecule has 0 N–H and O–H groups in total. The lowest BCUT2D eigenvalue weighted by Gasteiger charge is -2.12. The fourth-order valence-electron chi connectivity index (χ4n) is 2.25. The zero-order chi connectivity index (χ0) is 18.0. The Kier molecular flexibility index (Phi) is 4.96. The Balaban J connectivity index is 1.88. The quantitative estimate of drug-likeness (QED) is 0.464. The Morgan fingerprint density at radius 2 is 1.88 bits per heavy atom. The van der Waals surface area contributed by atoms with E-state index in [1.54, 1.807) is 37.5 Å². The molecule has 0 atom stereocenters. The second-order valence-electron chi connectivity index (χ2n) is 5.08. The highest BCUT2D eigenvalue weighted by molar-refractivity contribution is 8.26. The van der Waals surface area contributed by atoms with Crippen molar-refractivity contribution < 1.29 is 18.7 Å². The predicted octanol–water partition coefficient (Wildman–Crippen LogP) is 3.88. The van der Waals surface area contributed by atoms with E-state index < -0.39 is 17.6 Å². The summed E-state index contributed by atoms with van der Waals surface area (Å²) in [6, 6.07) is 12.6. The Morgan fingerprint density at radius 1 is 1.20 bits per heavy atom. The number of amides is 2. The molecule has 2 amide bonds. The Labute approximate surface area is 153 Å². The lowest BCUT2D eigenvalue weighted by atomic mass is 10.1. The molecule has 0 unspecified atom stereocenters. The first kappa shape index (κ1) is 17.3. The molecule has 1 heterocycles. The highest BCUT2D eigenvalue weighted by Crippen LogP contribution is 2.34. The van der Waals surface area contributed by atoms with Crippen molar-refractivity contribution in [1.29, 1.82) is 0 Å². The van der Waals surface area contributed by atoms with Crippen LogP contribution in [0.3, 0.4) is 0 Å². The van der Waals surface area contributed by atoms with E-state index in [0.717, 1.165) is 28.3 Å². The first-order chi connectivity index (χ1) is 12.0. The first-order valence-electron chi connectivity index (χ1n) is 7.22. The van der Waals surface area contributed by atoms with Gasteiger partial charge in [0.25, 0.3) is 11.8 Å². The van der Waals surface area contributed by atoms with Crippen LogP contribution in [0.5, 0.6) is 5.75 Å². The van der Waals surface area contributed by atoms with Crippen LogP contribution >= 0.6 is 24.0 Å². The number of carbonyl (C=O) groups excluding carboxylic acids is 2. The minimum atomic E-state index is -0.765. The number of thioether (sulfide) groups is 1. The minimum Gasteiger partial charge on any atom is -0.497 e. The molecule has 0 spiro atoms. The highest BCUT2D eigenvalue weighted by atomic mass is 32.2. The molecule has 25 heavy (non-hydrogen) atoms. The van der Waals surface area contributed by atoms with Crippen LogP contribution in [0.15, 0.2) is 53.4 Å². The lowest BCUT2D eigenvalue weighted by molar-refractivity contribution is -0.120. The summed E-state index contributed by atoms with van der Waals surface area (Å²) >= 11 is 6.14. The maximum Gasteiger partial charge on any atom is 0.273 e. The molecular weight excluding hydrogens is 361 g/mol. The number of rotatable bonds is 3. The van der Waals surface area contributed by atoms with Gasteiger partial charge in [-0.2, -0.15) is 0 Å². The van der Waals surface area contributed by atoms with E-state index >= 15 is 0 Å². The van der Waals surface area contributed by atoms with Crippen LogP contribution in [-0.2, 0) is 4.79 Å². The Morgan fingerprint density at radius 3 is 2.52 bits per heavy atom. The SMILES string of the molecule is COc1ccc(C=C2SC(=S)N(C(=O)c3ccccc3F)C2=O)cc1. The summed E-state index contributed by atoms with van der Waals surface area (Å²) in [4.78, 5) is 26.2. The van der Waals surface area contributed by atoms with E-state index in [2.05, 4.69) is 0 Å². The van der Waals surface area contributed by atoms with Gasteiger partial charge in [0, 0.05) is 0 Å². The molecule has 0 saturated carbocycles. The maximum absolute atomic E-state index is 13.8. The molecule has 2 aromatic carbocycles. The van der Waals surface area contributed by atoms with Gasteiger partial charge in [0.15, 0.2) is 4.32 Å². The van der Waals surface area contributed by atoms with Crippen molar-refractivity contribution in [2.45, 2.75) is 0 Å². The van der Waals surface area contributed by atoms with Gasteiger partial charge in [-0.15, -0.1) is 0 Å². The fourth-order valence-corrected chi connectivity index (χ4v) is 3.50. The Hall–Kier alpha value is -2.51. The van der Waals surface area contributed by atoms with E-state index in [-0.39, 0.29) is 9.88 Å². The summed E-state index contributed by atoms with van der Waals surface area (Å²) in [7, 11) is 1.56. The molecule has 0 bridgehead atoms. The normalized spacial score (nSPS) is 15.8. The monoisotopic (exact) mass is 373 g/mol. The number of thiocarbonyl (C=S) groups is 1. The largest absolute Gasteiger partial charge is 0.497 e. The van der Waals surface area contributed by atoms with Crippen molar-refractivity contribution in [3.8, 4) is 5.75 Å². The van der Waals surface area contributed by atoms with Crippen LogP contribution in [0.1, 0.15) is 15.9 Å². The number of methoxy groups -OCH3 is 1. The molecule has 3 rings (SSSR count). The molecule has 2 aromatic rings. The summed E-state index contributed by atoms with van der Waals surface area (Å²) in [6.45, 7) is 0. The van der Waals surface area contributed by atoms with Gasteiger partial charge in [0.05, 0.1) is 17.6 Å². The third kappa shape index (κ3) is 3.47. The van der Waals surface area contributed by atoms with Gasteiger partial charge in [0.1, 0.15) is 11.6 Å². The molecule has 1 fully saturated rings. The third-order valence-electron chi connectivity index (χ3n) is 3.51. The predicted molar refractivity (Wildman–Crippen MR) is 98.7 cm³/mol. The van der Waals surface area contributed by atoms with E-state index in [1.165, 1.54) is 18.2 Å². The summed E-state index contributed by atoms with van der Waals surface area (Å²) in [5.74, 6) is -1.32. The van der Waals surface area contributed by atoms with Crippen molar-refractivity contribution in [3.05, 3.63) is 70.4 Å². The summed E-state index contributed by atoms with van der Waals surface area (Å²) < 4.78 is 19.0. The van der Waals surface area contributed by atoms with Crippen LogP contribution in [-0.4, -0.2) is 28.1 Å². The molecule has 4 nitrogen and oxygen atoms in total. The standard InChI is InChI=1S/C18H12FNO3S2/c1-23-12-8-6-11(7-9-12)10-15-17(22)20(18(24)25-15)16(21)13-4-2-3-5-14(13)19/h2-10H,1H3. The van der Waals surface area contributed by atoms with Gasteiger partial charge in [-0.05, 0) is 35.9 Å². The smallest absolute Gasteiger partial charge is 0.273 e. The number of ether oxygens (including phenoxy) is 1. The van der Waals surface area contributed by atoms with Crippen molar-refractivity contribution in [1.82, 2.24) is 4.90 Å². The molecule has 0 aliphatic carbocycles. The van der Waals surface area contributed by atoms with Crippen molar-refractivity contribution >= 4 is 46.2 Å². The number of benzene rings is 2. The summed E-state index contributed by atoms with van der Waals surface area (Å²) in [5.41, 5.74) is 0.573. The number of hydrogen-bond donors (Lipinski definition) is 0. The van der Waals surface area contributed by atoms with Gasteiger partial charge in [-0.1, -0.05) is 48.2 Å². The number of carbonyl (C=O) groups is 2. The molecule has 1 aliphatic heterocycles. The molecule has 0 aromatic heterocycles. The van der Waals surface area contributed by atoms with Crippen molar-refractivity contribution in [2.24, 2.45) is 0 Å². The molecule has 1 aliphatic rings. The van der Waals surface area contributed by atoms with Crippen molar-refractivity contribution in [3.63, 3.8) is 0 Å². The van der Waals surface area contributed by atoms with Crippen LogP contribution in [0.2, 0.25) is 0 Å². The molecule has 1 saturated heterocycles. The molecule has 126 valence electrons. The second kappa shape index (κ2) is 7.16. The van der Waals surface area contributed by atoms with E-state index in [0.29, 0.717) is 10.7 Å². The Bertz CT molecular complexity index is 893. The van der Waals surface area contributed by atoms with Gasteiger partial charge >= 0.3 is 0 Å². The van der Waals surface area contributed by atoms with Gasteiger partial charge in [0.2, 0.25) is 0 Å². The van der Waals surface area contributed by atoms with E-state index in [4.69, 9.17) is 17.0 Å². The van der Waals surface area contributed by atoms with Crippen LogP contribution in [0.4, 0.5) is 4.39 Å². The zero-order valence-electron chi connectivity index (χ0n) is 13.1. The number of hydrogen-bond acceptors (Lipinski definition) is 5. The number of halogens is 1. The summed E-state index contributed by atoms with van der Waals surface area (Å²) in [6.07, 6.45) is 1.63. The topological polar surface area (TPSA) is 46.6 Å². The first-order valence-corrected chi connectivity index (χ1v) is 8.44. The van der Waals surface area contributed by atoms with Gasteiger partial charge in [-0.25, -0.2) is 9.29 Å². The minimum absolute atomic E-state index is 0.0815. The lowest BCUT2D eigenvalue weighted by Crippen LogP contribution is -2.35. The maximum atomic E-state index is 13.8. The summed E-state index contributed by atoms with van der Waals surface area (Å²) in [5, 5.41) is 0. The zero-order valence-corrected chi connectivity index (χ0v) is 14.7. The van der Waals surface area contributed by atoms with Crippen LogP contribution in [0.25, 0.3) is 6.08 Å². The highest BCUT2D eigenvalue weighted by Gasteiger charge is 2.38. The molecule has 7 heteroatoms. The van der Waals surface area contributed by atoms with Crippen LogP contribution in [0, 0.1) is 5.82 Å². The number of nitrogens with zero attached hydrogens (tertiary/aromatic N) is 1. The third-order valence-corrected chi connectivity index (χ3v) is 4.82. The van der Waals surface area contributed by atoms with Crippen molar-refractivity contribution in [2.75, 3.05) is 7.11 Å². The average Bonchev–Trinajstić information content (AvgIpc) is 2.89. The van der Waals surface area contributed by atoms with E-state index in [9.17, 15) is 14.0 Å². The number of imide groups is 1. The molecule has 0 radical (unpaired) electrons.